The molecule has 1 saturated heterocycles. The second-order valence-corrected chi connectivity index (χ2v) is 10.9. The van der Waals surface area contributed by atoms with Gasteiger partial charge in [0.1, 0.15) is 11.4 Å². The maximum atomic E-state index is 13.6. The number of thioether (sulfide) groups is 1. The largest absolute Gasteiger partial charge is 0.483 e. The first-order chi connectivity index (χ1) is 19.6. The zero-order chi connectivity index (χ0) is 29.3. The Bertz CT molecular complexity index is 1760. The minimum absolute atomic E-state index is 0.101. The molecule has 9 nitrogen and oxygen atoms in total. The Kier molecular flexibility index (Phi) is 8.07. The molecule has 0 unspecified atom stereocenters. The average molecular weight is 609 g/mol. The van der Waals surface area contributed by atoms with Gasteiger partial charge in [-0.15, -0.1) is 0 Å². The van der Waals surface area contributed by atoms with Gasteiger partial charge >= 0.3 is 0 Å². The van der Waals surface area contributed by atoms with E-state index in [1.165, 1.54) is 10.8 Å². The zero-order valence-corrected chi connectivity index (χ0v) is 24.2. The minimum atomic E-state index is -0.530. The summed E-state index contributed by atoms with van der Waals surface area (Å²) in [5.41, 5.74) is 1.84. The van der Waals surface area contributed by atoms with Gasteiger partial charge in [-0.3, -0.25) is 24.5 Å². The summed E-state index contributed by atoms with van der Waals surface area (Å²) in [4.78, 5) is 40.8. The number of anilines is 2. The molecule has 1 aliphatic heterocycles. The van der Waals surface area contributed by atoms with E-state index in [9.17, 15) is 14.4 Å². The highest BCUT2D eigenvalue weighted by Gasteiger charge is 2.38. The topological polar surface area (TPSA) is 109 Å². The molecule has 1 aromatic heterocycles. The molecule has 41 heavy (non-hydrogen) atoms. The van der Waals surface area contributed by atoms with Gasteiger partial charge in [-0.25, -0.2) is 9.58 Å². The van der Waals surface area contributed by atoms with Gasteiger partial charge in [-0.2, -0.15) is 0 Å². The summed E-state index contributed by atoms with van der Waals surface area (Å²) in [6.07, 6.45) is 1.54. The predicted molar refractivity (Wildman–Crippen MR) is 164 cm³/mol. The lowest BCUT2D eigenvalue weighted by Crippen LogP contribution is -2.33. The highest BCUT2D eigenvalue weighted by Crippen LogP contribution is 2.37. The fourth-order valence-electron chi connectivity index (χ4n) is 4.28. The molecular weight excluding hydrogens is 585 g/mol. The number of carbonyl (C=O) groups excluding carboxylic acids is 2. The van der Waals surface area contributed by atoms with Crippen LogP contribution < -0.4 is 20.5 Å². The van der Waals surface area contributed by atoms with Crippen LogP contribution in [0.25, 0.3) is 11.8 Å². The highest BCUT2D eigenvalue weighted by atomic mass is 35.5. The van der Waals surface area contributed by atoms with Crippen LogP contribution in [0.4, 0.5) is 11.4 Å². The number of nitrogens with zero attached hydrogens (tertiary/aromatic N) is 3. The maximum absolute atomic E-state index is 13.6. The molecule has 0 bridgehead atoms. The van der Waals surface area contributed by atoms with E-state index < -0.39 is 17.4 Å². The molecule has 2 N–H and O–H groups in total. The van der Waals surface area contributed by atoms with E-state index in [2.05, 4.69) is 5.32 Å². The van der Waals surface area contributed by atoms with Crippen LogP contribution in [0.5, 0.6) is 5.75 Å². The van der Waals surface area contributed by atoms with Crippen molar-refractivity contribution >= 4 is 69.4 Å². The molecule has 0 aliphatic carbocycles. The lowest BCUT2D eigenvalue weighted by Gasteiger charge is -2.12. The third kappa shape index (κ3) is 5.81. The lowest BCUT2D eigenvalue weighted by molar-refractivity contribution is -0.118. The number of benzene rings is 3. The van der Waals surface area contributed by atoms with Gasteiger partial charge in [0.25, 0.3) is 17.4 Å². The van der Waals surface area contributed by atoms with Crippen LogP contribution in [-0.4, -0.2) is 33.0 Å². The normalized spacial score (nSPS) is 14.1. The smallest absolute Gasteiger partial charge is 0.296 e. The minimum Gasteiger partial charge on any atom is -0.483 e. The van der Waals surface area contributed by atoms with Crippen LogP contribution in [-0.2, 0) is 16.6 Å². The Labute approximate surface area is 249 Å². The quantitative estimate of drug-likeness (QED) is 0.256. The number of amides is 2. The second-order valence-electron chi connectivity index (χ2n) is 8.99. The van der Waals surface area contributed by atoms with Gasteiger partial charge < -0.3 is 10.1 Å². The molecule has 2 amide bonds. The van der Waals surface area contributed by atoms with Crippen LogP contribution in [0.1, 0.15) is 11.3 Å². The van der Waals surface area contributed by atoms with Crippen molar-refractivity contribution in [2.45, 2.75) is 6.92 Å². The first-order valence-corrected chi connectivity index (χ1v) is 13.9. The Balaban J connectivity index is 1.40. The van der Waals surface area contributed by atoms with Crippen molar-refractivity contribution in [3.63, 3.8) is 0 Å². The first kappa shape index (κ1) is 28.3. The Morgan fingerprint density at radius 1 is 1.02 bits per heavy atom. The van der Waals surface area contributed by atoms with E-state index >= 15 is 0 Å². The molecule has 0 atom stereocenters. The number of rotatable bonds is 7. The molecule has 208 valence electrons. The molecule has 1 fully saturated rings. The molecular formula is C29H23Cl2N5O4S. The van der Waals surface area contributed by atoms with Crippen molar-refractivity contribution in [3.8, 4) is 11.4 Å². The SMILES string of the molecule is Cc1c(N2C(=N)S/C(=C\c3cc(Cl)ccc3OCC(=O)Nc3ccc(Cl)cc3)C2=O)c(=O)n(-c2ccccc2)n1C. The van der Waals surface area contributed by atoms with Crippen molar-refractivity contribution in [2.24, 2.45) is 7.05 Å². The number of amidine groups is 1. The Morgan fingerprint density at radius 3 is 2.41 bits per heavy atom. The average Bonchev–Trinajstić information content (AvgIpc) is 3.34. The van der Waals surface area contributed by atoms with Gasteiger partial charge in [-0.05, 0) is 79.4 Å². The summed E-state index contributed by atoms with van der Waals surface area (Å²) in [7, 11) is 1.72. The van der Waals surface area contributed by atoms with Gasteiger partial charge in [-0.1, -0.05) is 41.4 Å². The summed E-state index contributed by atoms with van der Waals surface area (Å²) in [6, 6.07) is 20.5. The molecule has 4 aromatic rings. The van der Waals surface area contributed by atoms with E-state index in [1.807, 2.05) is 18.2 Å². The maximum Gasteiger partial charge on any atom is 0.296 e. The van der Waals surface area contributed by atoms with Crippen LogP contribution in [0.3, 0.4) is 0 Å². The molecule has 0 saturated carbocycles. The number of halogens is 2. The number of hydrogen-bond donors (Lipinski definition) is 2. The van der Waals surface area contributed by atoms with Crippen LogP contribution >= 0.6 is 35.0 Å². The van der Waals surface area contributed by atoms with Crippen molar-refractivity contribution in [2.75, 3.05) is 16.8 Å². The van der Waals surface area contributed by atoms with Gasteiger partial charge in [0.2, 0.25) is 0 Å². The predicted octanol–water partition coefficient (Wildman–Crippen LogP) is 5.86. The number of carbonyl (C=O) groups is 2. The second kappa shape index (κ2) is 11.7. The van der Waals surface area contributed by atoms with E-state index in [0.717, 1.165) is 16.7 Å². The summed E-state index contributed by atoms with van der Waals surface area (Å²) < 4.78 is 8.86. The number of aromatic nitrogens is 2. The lowest BCUT2D eigenvalue weighted by atomic mass is 10.1. The van der Waals surface area contributed by atoms with E-state index in [4.69, 9.17) is 33.3 Å². The molecule has 3 aromatic carbocycles. The van der Waals surface area contributed by atoms with Crippen LogP contribution in [0, 0.1) is 12.3 Å². The van der Waals surface area contributed by atoms with E-state index in [-0.39, 0.29) is 22.4 Å². The standard InChI is InChI=1S/C29H23Cl2N5O4S/c1-17-26(28(39)36(34(17)2)22-6-4-3-5-7-22)35-27(38)24(41-29(35)32)15-18-14-20(31)10-13-23(18)40-16-25(37)33-21-11-8-19(30)9-12-21/h3-15,32H,16H2,1-2H3,(H,33,37)/b24-15-,32-29?. The van der Waals surface area contributed by atoms with Crippen molar-refractivity contribution in [3.05, 3.63) is 109 Å². The number of hydrogen-bond acceptors (Lipinski definition) is 6. The van der Waals surface area contributed by atoms with Gasteiger partial charge in [0.15, 0.2) is 11.8 Å². The molecule has 5 rings (SSSR count). The fourth-order valence-corrected chi connectivity index (χ4v) is 5.43. The molecule has 1 aliphatic rings. The number of nitrogens with one attached hydrogen (secondary N) is 2. The molecule has 0 spiro atoms. The monoisotopic (exact) mass is 607 g/mol. The highest BCUT2D eigenvalue weighted by molar-refractivity contribution is 8.19. The number of para-hydroxylation sites is 1. The zero-order valence-electron chi connectivity index (χ0n) is 21.9. The molecule has 2 heterocycles. The van der Waals surface area contributed by atoms with Crippen LogP contribution in [0.15, 0.2) is 82.5 Å². The Morgan fingerprint density at radius 2 is 1.71 bits per heavy atom. The number of ether oxygens (including phenoxy) is 1. The van der Waals surface area contributed by atoms with E-state index in [0.29, 0.717) is 38.4 Å². The summed E-state index contributed by atoms with van der Waals surface area (Å²) in [5, 5.41) is 12.1. The summed E-state index contributed by atoms with van der Waals surface area (Å²) >= 11 is 13.0. The molecule has 0 radical (unpaired) electrons. The molecule has 12 heteroatoms. The fraction of sp³-hybridized carbons (Fsp3) is 0.103. The van der Waals surface area contributed by atoms with Crippen molar-refractivity contribution in [1.82, 2.24) is 9.36 Å². The third-order valence-electron chi connectivity index (χ3n) is 6.32. The third-order valence-corrected chi connectivity index (χ3v) is 7.69. The van der Waals surface area contributed by atoms with E-state index in [1.54, 1.807) is 73.3 Å². The summed E-state index contributed by atoms with van der Waals surface area (Å²) in [5.74, 6) is -0.610. The van der Waals surface area contributed by atoms with Gasteiger partial charge in [0.05, 0.1) is 16.3 Å². The van der Waals surface area contributed by atoms with Crippen LogP contribution in [0.2, 0.25) is 10.0 Å². The first-order valence-electron chi connectivity index (χ1n) is 12.3. The van der Waals surface area contributed by atoms with Crippen molar-refractivity contribution < 1.29 is 14.3 Å². The van der Waals surface area contributed by atoms with Gasteiger partial charge in [0, 0.05) is 28.3 Å². The Hall–Kier alpha value is -4.25. The van der Waals surface area contributed by atoms with Crippen molar-refractivity contribution in [1.29, 1.82) is 5.41 Å². The summed E-state index contributed by atoms with van der Waals surface area (Å²) in [6.45, 7) is 1.42.